The lowest BCUT2D eigenvalue weighted by atomic mass is 10.1. The van der Waals surface area contributed by atoms with Crippen LogP contribution in [0.1, 0.15) is 32.6 Å². The van der Waals surface area contributed by atoms with Gasteiger partial charge in [-0.15, -0.1) is 0 Å². The normalized spacial score (nSPS) is 15.6. The van der Waals surface area contributed by atoms with Gasteiger partial charge in [-0.3, -0.25) is 5.43 Å². The Balaban J connectivity index is 2.16. The molecule has 1 aliphatic rings. The molecule has 7 heteroatoms. The highest BCUT2D eigenvalue weighted by Gasteiger charge is 2.16. The maximum atomic E-state index is 5.44. The number of hydrogen-bond donors (Lipinski definition) is 2. The highest BCUT2D eigenvalue weighted by atomic mass is 16.5. The summed E-state index contributed by atoms with van der Waals surface area (Å²) in [5.41, 5.74) is 2.45. The smallest absolute Gasteiger partial charge is 0.323 e. The number of hydrazine groups is 1. The summed E-state index contributed by atoms with van der Waals surface area (Å²) in [6.07, 6.45) is 4.52. The Labute approximate surface area is 107 Å². The van der Waals surface area contributed by atoms with Crippen molar-refractivity contribution in [1.29, 1.82) is 0 Å². The van der Waals surface area contributed by atoms with E-state index in [0.29, 0.717) is 24.5 Å². The van der Waals surface area contributed by atoms with Crippen LogP contribution in [0.25, 0.3) is 0 Å². The van der Waals surface area contributed by atoms with Gasteiger partial charge >= 0.3 is 6.01 Å². The minimum atomic E-state index is 0.334. The van der Waals surface area contributed by atoms with Gasteiger partial charge < -0.3 is 9.64 Å². The molecule has 1 aromatic heterocycles. The van der Waals surface area contributed by atoms with Crippen molar-refractivity contribution in [2.45, 2.75) is 32.6 Å². The van der Waals surface area contributed by atoms with E-state index in [1.165, 1.54) is 19.3 Å². The van der Waals surface area contributed by atoms with Crippen LogP contribution < -0.4 is 20.9 Å². The van der Waals surface area contributed by atoms with Crippen LogP contribution in [0.5, 0.6) is 6.01 Å². The third-order valence-corrected chi connectivity index (χ3v) is 2.81. The lowest BCUT2D eigenvalue weighted by Crippen LogP contribution is -2.31. The summed E-state index contributed by atoms with van der Waals surface area (Å²) in [7, 11) is 0. The zero-order valence-corrected chi connectivity index (χ0v) is 10.7. The number of nitrogens with two attached hydrogens (primary N) is 1. The van der Waals surface area contributed by atoms with Crippen LogP contribution in [0.15, 0.2) is 0 Å². The predicted molar refractivity (Wildman–Crippen MR) is 69.5 cm³/mol. The van der Waals surface area contributed by atoms with Crippen molar-refractivity contribution in [2.24, 2.45) is 5.84 Å². The molecule has 0 amide bonds. The lowest BCUT2D eigenvalue weighted by Gasteiger charge is -2.26. The van der Waals surface area contributed by atoms with Crippen LogP contribution in [0.3, 0.4) is 0 Å². The second-order valence-electron chi connectivity index (χ2n) is 4.28. The first-order chi connectivity index (χ1) is 8.83. The SMILES string of the molecule is CCCOc1nc(NN)nc(N2CCCCC2)n1. The lowest BCUT2D eigenvalue weighted by molar-refractivity contribution is 0.291. The van der Waals surface area contributed by atoms with Gasteiger partial charge in [0.05, 0.1) is 6.61 Å². The molecule has 0 aliphatic carbocycles. The summed E-state index contributed by atoms with van der Waals surface area (Å²) in [6.45, 7) is 4.57. The van der Waals surface area contributed by atoms with E-state index >= 15 is 0 Å². The Morgan fingerprint density at radius 1 is 1.22 bits per heavy atom. The Kier molecular flexibility index (Phi) is 4.52. The van der Waals surface area contributed by atoms with Crippen molar-refractivity contribution in [1.82, 2.24) is 15.0 Å². The fourth-order valence-corrected chi connectivity index (χ4v) is 1.90. The third kappa shape index (κ3) is 3.19. The molecule has 2 rings (SSSR count). The van der Waals surface area contributed by atoms with Crippen molar-refractivity contribution in [3.8, 4) is 6.01 Å². The van der Waals surface area contributed by atoms with E-state index in [0.717, 1.165) is 19.5 Å². The molecule has 1 saturated heterocycles. The minimum absolute atomic E-state index is 0.334. The van der Waals surface area contributed by atoms with E-state index in [1.54, 1.807) is 0 Å². The van der Waals surface area contributed by atoms with E-state index in [9.17, 15) is 0 Å². The standard InChI is InChI=1S/C11H20N6O/c1-2-8-18-11-14-9(16-12)13-10(15-11)17-6-4-3-5-7-17/h2-8,12H2,1H3,(H,13,14,15,16). The minimum Gasteiger partial charge on any atom is -0.463 e. The van der Waals surface area contributed by atoms with Crippen LogP contribution in [0.2, 0.25) is 0 Å². The van der Waals surface area contributed by atoms with Gasteiger partial charge in [-0.25, -0.2) is 5.84 Å². The first-order valence-corrected chi connectivity index (χ1v) is 6.44. The summed E-state index contributed by atoms with van der Waals surface area (Å²) in [4.78, 5) is 14.8. The molecular formula is C11H20N6O. The van der Waals surface area contributed by atoms with Crippen LogP contribution in [0, 0.1) is 0 Å². The van der Waals surface area contributed by atoms with Crippen molar-refractivity contribution in [3.05, 3.63) is 0 Å². The molecule has 0 spiro atoms. The third-order valence-electron chi connectivity index (χ3n) is 2.81. The summed E-state index contributed by atoms with van der Waals surface area (Å²) in [5, 5.41) is 0. The molecule has 3 N–H and O–H groups in total. The molecule has 1 aromatic rings. The van der Waals surface area contributed by atoms with Crippen LogP contribution in [0.4, 0.5) is 11.9 Å². The number of piperidine rings is 1. The van der Waals surface area contributed by atoms with Crippen LogP contribution in [-0.4, -0.2) is 34.6 Å². The molecule has 0 unspecified atom stereocenters. The number of rotatable bonds is 5. The zero-order valence-electron chi connectivity index (χ0n) is 10.7. The molecule has 0 radical (unpaired) electrons. The Hall–Kier alpha value is -1.63. The Morgan fingerprint density at radius 2 is 2.00 bits per heavy atom. The zero-order chi connectivity index (χ0) is 12.8. The van der Waals surface area contributed by atoms with Crippen molar-refractivity contribution >= 4 is 11.9 Å². The molecule has 18 heavy (non-hydrogen) atoms. The second-order valence-corrected chi connectivity index (χ2v) is 4.28. The number of ether oxygens (including phenoxy) is 1. The molecule has 0 bridgehead atoms. The van der Waals surface area contributed by atoms with Gasteiger partial charge in [-0.2, -0.15) is 15.0 Å². The van der Waals surface area contributed by atoms with Gasteiger partial charge in [-0.1, -0.05) is 6.92 Å². The van der Waals surface area contributed by atoms with Crippen molar-refractivity contribution in [3.63, 3.8) is 0 Å². The molecular weight excluding hydrogens is 232 g/mol. The van der Waals surface area contributed by atoms with Crippen molar-refractivity contribution in [2.75, 3.05) is 30.0 Å². The Bertz CT molecular complexity index is 380. The monoisotopic (exact) mass is 252 g/mol. The topological polar surface area (TPSA) is 89.2 Å². The number of anilines is 2. The van der Waals surface area contributed by atoms with E-state index in [4.69, 9.17) is 10.6 Å². The largest absolute Gasteiger partial charge is 0.463 e. The molecule has 0 aromatic carbocycles. The van der Waals surface area contributed by atoms with E-state index in [2.05, 4.69) is 25.3 Å². The second kappa shape index (κ2) is 6.34. The first-order valence-electron chi connectivity index (χ1n) is 6.44. The number of hydrogen-bond acceptors (Lipinski definition) is 7. The summed E-state index contributed by atoms with van der Waals surface area (Å²) < 4.78 is 5.44. The first kappa shape index (κ1) is 12.8. The number of aromatic nitrogens is 3. The van der Waals surface area contributed by atoms with Gasteiger partial charge in [-0.05, 0) is 25.7 Å². The summed E-state index contributed by atoms with van der Waals surface area (Å²) in [6, 6.07) is 0.334. The average Bonchev–Trinajstić information content (AvgIpc) is 2.45. The quantitative estimate of drug-likeness (QED) is 0.595. The van der Waals surface area contributed by atoms with E-state index in [1.807, 2.05) is 6.92 Å². The molecule has 100 valence electrons. The molecule has 2 heterocycles. The maximum Gasteiger partial charge on any atom is 0.323 e. The van der Waals surface area contributed by atoms with Gasteiger partial charge in [0, 0.05) is 13.1 Å². The van der Waals surface area contributed by atoms with E-state index < -0.39 is 0 Å². The van der Waals surface area contributed by atoms with Crippen molar-refractivity contribution < 1.29 is 4.74 Å². The molecule has 0 atom stereocenters. The van der Waals surface area contributed by atoms with Gasteiger partial charge in [0.25, 0.3) is 0 Å². The van der Waals surface area contributed by atoms with Gasteiger partial charge in [0.1, 0.15) is 0 Å². The van der Waals surface area contributed by atoms with Crippen LogP contribution in [-0.2, 0) is 0 Å². The molecule has 0 saturated carbocycles. The van der Waals surface area contributed by atoms with E-state index in [-0.39, 0.29) is 0 Å². The summed E-state index contributed by atoms with van der Waals surface area (Å²) >= 11 is 0. The van der Waals surface area contributed by atoms with Gasteiger partial charge in [0.15, 0.2) is 0 Å². The summed E-state index contributed by atoms with van der Waals surface area (Å²) in [5.74, 6) is 6.36. The van der Waals surface area contributed by atoms with Gasteiger partial charge in [0.2, 0.25) is 11.9 Å². The fraction of sp³-hybridized carbons (Fsp3) is 0.727. The molecule has 1 aliphatic heterocycles. The highest BCUT2D eigenvalue weighted by Crippen LogP contribution is 2.18. The predicted octanol–water partition coefficient (Wildman–Crippen LogP) is 0.936. The number of nitrogens with one attached hydrogen (secondary N) is 1. The number of nitrogens with zero attached hydrogens (tertiary/aromatic N) is 4. The fourth-order valence-electron chi connectivity index (χ4n) is 1.90. The number of nitrogen functional groups attached to an aromatic ring is 1. The maximum absolute atomic E-state index is 5.44. The molecule has 1 fully saturated rings. The Morgan fingerprint density at radius 3 is 2.67 bits per heavy atom. The average molecular weight is 252 g/mol. The molecule has 7 nitrogen and oxygen atoms in total. The van der Waals surface area contributed by atoms with Crippen LogP contribution >= 0.6 is 0 Å². The highest BCUT2D eigenvalue weighted by molar-refractivity contribution is 5.37.